The molecule has 1 aliphatic heterocycles. The molecule has 0 radical (unpaired) electrons. The molecule has 0 spiro atoms. The molecule has 1 atom stereocenters. The first-order chi connectivity index (χ1) is 9.93. The number of carboxylic acids is 1. The lowest BCUT2D eigenvalue weighted by atomic mass is 9.96. The fourth-order valence-electron chi connectivity index (χ4n) is 2.59. The van der Waals surface area contributed by atoms with Crippen LogP contribution in [0.15, 0.2) is 12.1 Å². The summed E-state index contributed by atoms with van der Waals surface area (Å²) in [7, 11) is 1.52. The summed E-state index contributed by atoms with van der Waals surface area (Å²) in [4.78, 5) is 23.9. The lowest BCUT2D eigenvalue weighted by Crippen LogP contribution is -2.42. The first-order valence-corrected chi connectivity index (χ1v) is 6.63. The van der Waals surface area contributed by atoms with E-state index >= 15 is 0 Å². The molecule has 1 aromatic rings. The Balaban J connectivity index is 2.29. The summed E-state index contributed by atoms with van der Waals surface area (Å²) < 4.78 is 28.0. The number of nitrogens with zero attached hydrogens (tertiary/aromatic N) is 1. The van der Waals surface area contributed by atoms with Crippen LogP contribution < -0.4 is 10.2 Å². The number of carboxylic acid groups (broad SMARTS) is 1. The molecule has 21 heavy (non-hydrogen) atoms. The standard InChI is InChI=1S/C14H16F2N2O3/c1-17-13(19)8-3-2-4-18(7-8)12-10(15)5-9(14(20)21)6-11(12)16/h5-6,8H,2-4,7H2,1H3,(H,17,19)(H,20,21). The fraction of sp³-hybridized carbons (Fsp3) is 0.429. The van der Waals surface area contributed by atoms with Crippen molar-refractivity contribution in [1.82, 2.24) is 5.32 Å². The summed E-state index contributed by atoms with van der Waals surface area (Å²) >= 11 is 0. The van der Waals surface area contributed by atoms with E-state index in [0.717, 1.165) is 12.1 Å². The number of rotatable bonds is 3. The second kappa shape index (κ2) is 6.07. The molecule has 1 aliphatic rings. The zero-order chi connectivity index (χ0) is 15.6. The molecular formula is C14H16F2N2O3. The Morgan fingerprint density at radius 1 is 1.33 bits per heavy atom. The zero-order valence-electron chi connectivity index (χ0n) is 11.5. The minimum Gasteiger partial charge on any atom is -0.478 e. The highest BCUT2D eigenvalue weighted by Gasteiger charge is 2.28. The molecule has 114 valence electrons. The lowest BCUT2D eigenvalue weighted by molar-refractivity contribution is -0.124. The van der Waals surface area contributed by atoms with Gasteiger partial charge in [-0.2, -0.15) is 0 Å². The second-order valence-corrected chi connectivity index (χ2v) is 4.99. The molecular weight excluding hydrogens is 282 g/mol. The van der Waals surface area contributed by atoms with Crippen molar-refractivity contribution < 1.29 is 23.5 Å². The van der Waals surface area contributed by atoms with Crippen LogP contribution in [-0.2, 0) is 4.79 Å². The maximum atomic E-state index is 14.0. The molecule has 2 N–H and O–H groups in total. The van der Waals surface area contributed by atoms with Gasteiger partial charge in [0, 0.05) is 20.1 Å². The van der Waals surface area contributed by atoms with Gasteiger partial charge in [-0.15, -0.1) is 0 Å². The monoisotopic (exact) mass is 298 g/mol. The van der Waals surface area contributed by atoms with Crippen LogP contribution in [-0.4, -0.2) is 37.1 Å². The highest BCUT2D eigenvalue weighted by molar-refractivity contribution is 5.88. The third-order valence-corrected chi connectivity index (χ3v) is 3.62. The number of benzene rings is 1. The highest BCUT2D eigenvalue weighted by Crippen LogP contribution is 2.29. The van der Waals surface area contributed by atoms with Gasteiger partial charge in [-0.25, -0.2) is 13.6 Å². The molecule has 0 aromatic heterocycles. The summed E-state index contributed by atoms with van der Waals surface area (Å²) in [5, 5.41) is 11.3. The van der Waals surface area contributed by atoms with Crippen molar-refractivity contribution in [3.05, 3.63) is 29.3 Å². The molecule has 1 amide bonds. The summed E-state index contributed by atoms with van der Waals surface area (Å²) in [6.45, 7) is 0.633. The van der Waals surface area contributed by atoms with E-state index in [0.29, 0.717) is 19.4 Å². The Morgan fingerprint density at radius 2 is 1.95 bits per heavy atom. The Hall–Kier alpha value is -2.18. The number of amides is 1. The van der Waals surface area contributed by atoms with Gasteiger partial charge in [-0.1, -0.05) is 0 Å². The average molecular weight is 298 g/mol. The van der Waals surface area contributed by atoms with Gasteiger partial charge >= 0.3 is 5.97 Å². The van der Waals surface area contributed by atoms with Crippen LogP contribution in [0.1, 0.15) is 23.2 Å². The molecule has 1 fully saturated rings. The second-order valence-electron chi connectivity index (χ2n) is 4.99. The molecule has 2 rings (SSSR count). The molecule has 1 saturated heterocycles. The van der Waals surface area contributed by atoms with Gasteiger partial charge in [-0.05, 0) is 25.0 Å². The zero-order valence-corrected chi connectivity index (χ0v) is 11.5. The topological polar surface area (TPSA) is 69.6 Å². The Morgan fingerprint density at radius 3 is 2.48 bits per heavy atom. The average Bonchev–Trinajstić information content (AvgIpc) is 2.45. The summed E-state index contributed by atoms with van der Waals surface area (Å²) in [5.74, 6) is -3.74. The van der Waals surface area contributed by atoms with Gasteiger partial charge in [0.2, 0.25) is 5.91 Å². The van der Waals surface area contributed by atoms with Crippen molar-refractivity contribution in [3.63, 3.8) is 0 Å². The van der Waals surface area contributed by atoms with Gasteiger partial charge in [0.15, 0.2) is 0 Å². The van der Waals surface area contributed by atoms with Crippen molar-refractivity contribution in [3.8, 4) is 0 Å². The number of nitrogens with one attached hydrogen (secondary N) is 1. The lowest BCUT2D eigenvalue weighted by Gasteiger charge is -2.33. The molecule has 0 aliphatic carbocycles. The minimum atomic E-state index is -1.39. The highest BCUT2D eigenvalue weighted by atomic mass is 19.1. The predicted molar refractivity (Wildman–Crippen MR) is 72.3 cm³/mol. The largest absolute Gasteiger partial charge is 0.478 e. The number of hydrogen-bond acceptors (Lipinski definition) is 3. The van der Waals surface area contributed by atoms with Crippen molar-refractivity contribution in [2.45, 2.75) is 12.8 Å². The molecule has 7 heteroatoms. The van der Waals surface area contributed by atoms with Crippen LogP contribution in [0.4, 0.5) is 14.5 Å². The Kier molecular flexibility index (Phi) is 4.40. The number of hydrogen-bond donors (Lipinski definition) is 2. The summed E-state index contributed by atoms with van der Waals surface area (Å²) in [5.41, 5.74) is -0.706. The normalized spacial score (nSPS) is 18.4. The molecule has 0 saturated carbocycles. The van der Waals surface area contributed by atoms with Gasteiger partial charge in [-0.3, -0.25) is 4.79 Å². The van der Waals surface area contributed by atoms with E-state index in [-0.39, 0.29) is 24.1 Å². The number of anilines is 1. The van der Waals surface area contributed by atoms with E-state index in [1.165, 1.54) is 11.9 Å². The van der Waals surface area contributed by atoms with E-state index in [4.69, 9.17) is 5.11 Å². The molecule has 0 bridgehead atoms. The van der Waals surface area contributed by atoms with Crippen molar-refractivity contribution >= 4 is 17.6 Å². The third kappa shape index (κ3) is 3.12. The van der Waals surface area contributed by atoms with Crippen molar-refractivity contribution in [1.29, 1.82) is 0 Å². The SMILES string of the molecule is CNC(=O)C1CCCN(c2c(F)cc(C(=O)O)cc2F)C1. The van der Waals surface area contributed by atoms with Crippen LogP contribution in [0.5, 0.6) is 0 Å². The Labute approximate surface area is 120 Å². The number of carbonyl (C=O) groups excluding carboxylic acids is 1. The number of halogens is 2. The summed E-state index contributed by atoms with van der Waals surface area (Å²) in [6.07, 6.45) is 1.30. The minimum absolute atomic E-state index is 0.164. The van der Waals surface area contributed by atoms with Gasteiger partial charge < -0.3 is 15.3 Å². The molecule has 1 aromatic carbocycles. The van der Waals surface area contributed by atoms with Crippen molar-refractivity contribution in [2.75, 3.05) is 25.0 Å². The van der Waals surface area contributed by atoms with Crippen LogP contribution >= 0.6 is 0 Å². The summed E-state index contributed by atoms with van der Waals surface area (Å²) in [6, 6.07) is 1.59. The van der Waals surface area contributed by atoms with Gasteiger partial charge in [0.05, 0.1) is 11.5 Å². The van der Waals surface area contributed by atoms with Crippen LogP contribution in [0.2, 0.25) is 0 Å². The van der Waals surface area contributed by atoms with Gasteiger partial charge in [0.25, 0.3) is 0 Å². The third-order valence-electron chi connectivity index (χ3n) is 3.62. The quantitative estimate of drug-likeness (QED) is 0.890. The molecule has 5 nitrogen and oxygen atoms in total. The first-order valence-electron chi connectivity index (χ1n) is 6.63. The van der Waals surface area contributed by atoms with E-state index in [1.54, 1.807) is 0 Å². The van der Waals surface area contributed by atoms with E-state index in [9.17, 15) is 18.4 Å². The van der Waals surface area contributed by atoms with E-state index in [1.807, 2.05) is 0 Å². The Bertz CT molecular complexity index is 554. The molecule has 1 heterocycles. The predicted octanol–water partition coefficient (Wildman–Crippen LogP) is 1.63. The fourth-order valence-corrected chi connectivity index (χ4v) is 2.59. The smallest absolute Gasteiger partial charge is 0.335 e. The van der Waals surface area contributed by atoms with Crippen molar-refractivity contribution in [2.24, 2.45) is 5.92 Å². The number of carbonyl (C=O) groups is 2. The number of aromatic carboxylic acids is 1. The van der Waals surface area contributed by atoms with Crippen LogP contribution in [0, 0.1) is 17.6 Å². The maximum Gasteiger partial charge on any atom is 0.335 e. The van der Waals surface area contributed by atoms with Crippen LogP contribution in [0.25, 0.3) is 0 Å². The first kappa shape index (κ1) is 15.2. The van der Waals surface area contributed by atoms with Crippen LogP contribution in [0.3, 0.4) is 0 Å². The molecule has 1 unspecified atom stereocenters. The number of piperidine rings is 1. The maximum absolute atomic E-state index is 14.0. The van der Waals surface area contributed by atoms with E-state index in [2.05, 4.69) is 5.32 Å². The van der Waals surface area contributed by atoms with E-state index < -0.39 is 23.2 Å². The van der Waals surface area contributed by atoms with Gasteiger partial charge in [0.1, 0.15) is 17.3 Å².